The number of unbranched alkanes of at least 4 members (excludes halogenated alkanes) is 10. The molecule has 2 rings (SSSR count). The van der Waals surface area contributed by atoms with Gasteiger partial charge >= 0.3 is 11.9 Å². The van der Waals surface area contributed by atoms with Crippen molar-refractivity contribution in [3.05, 3.63) is 70.8 Å². The van der Waals surface area contributed by atoms with Crippen molar-refractivity contribution in [2.24, 2.45) is 0 Å². The molecule has 0 saturated carbocycles. The summed E-state index contributed by atoms with van der Waals surface area (Å²) < 4.78 is 10.7. The minimum Gasteiger partial charge on any atom is -0.462 e. The van der Waals surface area contributed by atoms with Crippen molar-refractivity contribution in [1.82, 2.24) is 0 Å². The molecular formula is C32H48O4. The number of rotatable bonds is 16. The maximum Gasteiger partial charge on any atom is 0.339 e. The Morgan fingerprint density at radius 2 is 0.861 bits per heavy atom. The van der Waals surface area contributed by atoms with Crippen LogP contribution in [0.3, 0.4) is 0 Å². The lowest BCUT2D eigenvalue weighted by molar-refractivity contribution is 0.0450. The van der Waals surface area contributed by atoms with Gasteiger partial charge in [0.15, 0.2) is 0 Å². The highest BCUT2D eigenvalue weighted by Crippen LogP contribution is 2.14. The van der Waals surface area contributed by atoms with Gasteiger partial charge in [-0.15, -0.1) is 0 Å². The Morgan fingerprint density at radius 1 is 0.528 bits per heavy atom. The Kier molecular flexibility index (Phi) is 17.9. The van der Waals surface area contributed by atoms with E-state index in [0.717, 1.165) is 25.7 Å². The third-order valence-electron chi connectivity index (χ3n) is 6.05. The number of benzene rings is 2. The van der Waals surface area contributed by atoms with E-state index >= 15 is 0 Å². The lowest BCUT2D eigenvalue weighted by Gasteiger charge is -2.10. The van der Waals surface area contributed by atoms with Gasteiger partial charge in [-0.1, -0.05) is 126 Å². The van der Waals surface area contributed by atoms with Crippen molar-refractivity contribution < 1.29 is 19.1 Å². The second-order valence-electron chi connectivity index (χ2n) is 9.51. The first kappa shape index (κ1) is 31.4. The topological polar surface area (TPSA) is 52.6 Å². The molecule has 0 aliphatic heterocycles. The van der Waals surface area contributed by atoms with E-state index in [1.54, 1.807) is 24.3 Å². The SMILES string of the molecule is CCCCCCCCOC(=O)c1ccccc1C(=O)OCCCCCCCC.Cc1ccc(C)cc1. The van der Waals surface area contributed by atoms with E-state index in [4.69, 9.17) is 9.47 Å². The monoisotopic (exact) mass is 496 g/mol. The molecule has 2 aromatic rings. The van der Waals surface area contributed by atoms with Crippen LogP contribution < -0.4 is 0 Å². The normalized spacial score (nSPS) is 10.3. The van der Waals surface area contributed by atoms with Crippen LogP contribution in [-0.4, -0.2) is 25.2 Å². The summed E-state index contributed by atoms with van der Waals surface area (Å²) in [6, 6.07) is 15.2. The molecule has 0 amide bonds. The number of carbonyl (C=O) groups is 2. The molecule has 0 spiro atoms. The largest absolute Gasteiger partial charge is 0.462 e. The van der Waals surface area contributed by atoms with E-state index < -0.39 is 11.9 Å². The van der Waals surface area contributed by atoms with Crippen LogP contribution in [-0.2, 0) is 9.47 Å². The summed E-state index contributed by atoms with van der Waals surface area (Å²) in [6.45, 7) is 9.37. The van der Waals surface area contributed by atoms with Crippen LogP contribution >= 0.6 is 0 Å². The zero-order chi connectivity index (χ0) is 26.4. The van der Waals surface area contributed by atoms with Crippen LogP contribution in [0, 0.1) is 13.8 Å². The van der Waals surface area contributed by atoms with Crippen LogP contribution in [0.1, 0.15) is 123 Å². The first-order valence-electron chi connectivity index (χ1n) is 14.0. The molecule has 0 aliphatic carbocycles. The zero-order valence-electron chi connectivity index (χ0n) is 23.2. The molecule has 0 heterocycles. The summed E-state index contributed by atoms with van der Waals surface area (Å²) in [5, 5.41) is 0. The summed E-state index contributed by atoms with van der Waals surface area (Å²) in [5.41, 5.74) is 3.24. The lowest BCUT2D eigenvalue weighted by Crippen LogP contribution is -2.15. The standard InChI is InChI=1S/C24H38O4.C8H10/c1-3-5-7-9-11-15-19-27-23(25)21-17-13-14-18-22(21)24(26)28-20-16-12-10-8-6-4-2;1-7-3-5-8(2)6-4-7/h13-14,17-18H,3-12,15-16,19-20H2,1-2H3;3-6H,1-2H3. The molecule has 2 aromatic carbocycles. The van der Waals surface area contributed by atoms with Crippen LogP contribution in [0.25, 0.3) is 0 Å². The average Bonchev–Trinajstić information content (AvgIpc) is 2.89. The van der Waals surface area contributed by atoms with Gasteiger partial charge in [0.05, 0.1) is 24.3 Å². The van der Waals surface area contributed by atoms with Gasteiger partial charge in [-0.3, -0.25) is 0 Å². The fourth-order valence-electron chi connectivity index (χ4n) is 3.73. The maximum atomic E-state index is 12.4. The van der Waals surface area contributed by atoms with Crippen LogP contribution in [0.4, 0.5) is 0 Å². The van der Waals surface area contributed by atoms with Crippen molar-refractivity contribution in [2.75, 3.05) is 13.2 Å². The first-order chi connectivity index (χ1) is 17.5. The number of ether oxygens (including phenoxy) is 2. The average molecular weight is 497 g/mol. The van der Waals surface area contributed by atoms with Crippen molar-refractivity contribution in [2.45, 2.75) is 105 Å². The number of carbonyl (C=O) groups excluding carboxylic acids is 2. The van der Waals surface area contributed by atoms with E-state index in [9.17, 15) is 9.59 Å². The van der Waals surface area contributed by atoms with Crippen LogP contribution in [0.5, 0.6) is 0 Å². The van der Waals surface area contributed by atoms with Gasteiger partial charge in [0.2, 0.25) is 0 Å². The van der Waals surface area contributed by atoms with Gasteiger partial charge in [-0.2, -0.15) is 0 Å². The molecule has 4 heteroatoms. The van der Waals surface area contributed by atoms with E-state index in [-0.39, 0.29) is 0 Å². The van der Waals surface area contributed by atoms with Crippen molar-refractivity contribution in [3.63, 3.8) is 0 Å². The molecule has 36 heavy (non-hydrogen) atoms. The predicted octanol–water partition coefficient (Wildman–Crippen LogP) is 9.02. The first-order valence-corrected chi connectivity index (χ1v) is 14.0. The highest BCUT2D eigenvalue weighted by Gasteiger charge is 2.18. The molecule has 0 bridgehead atoms. The van der Waals surface area contributed by atoms with E-state index in [2.05, 4.69) is 52.0 Å². The van der Waals surface area contributed by atoms with Crippen molar-refractivity contribution >= 4 is 11.9 Å². The molecule has 0 radical (unpaired) electrons. The third-order valence-corrected chi connectivity index (χ3v) is 6.05. The van der Waals surface area contributed by atoms with Crippen LogP contribution in [0.2, 0.25) is 0 Å². The van der Waals surface area contributed by atoms with Gasteiger partial charge in [0.25, 0.3) is 0 Å². The Morgan fingerprint density at radius 3 is 1.22 bits per heavy atom. The summed E-state index contributed by atoms with van der Waals surface area (Å²) in [7, 11) is 0. The molecule has 0 unspecified atom stereocenters. The van der Waals surface area contributed by atoms with Gasteiger partial charge in [-0.25, -0.2) is 9.59 Å². The zero-order valence-corrected chi connectivity index (χ0v) is 23.2. The minimum absolute atomic E-state index is 0.293. The molecular weight excluding hydrogens is 448 g/mol. The maximum absolute atomic E-state index is 12.4. The summed E-state index contributed by atoms with van der Waals surface area (Å²) in [5.74, 6) is -0.888. The highest BCUT2D eigenvalue weighted by molar-refractivity contribution is 6.03. The third kappa shape index (κ3) is 14.7. The Balaban J connectivity index is 0.000000681. The fraction of sp³-hybridized carbons (Fsp3) is 0.562. The number of hydrogen-bond donors (Lipinski definition) is 0. The predicted molar refractivity (Wildman–Crippen MR) is 150 cm³/mol. The second kappa shape index (κ2) is 20.6. The quantitative estimate of drug-likeness (QED) is 0.172. The molecule has 0 aliphatic rings. The van der Waals surface area contributed by atoms with Gasteiger partial charge < -0.3 is 9.47 Å². The molecule has 0 N–H and O–H groups in total. The fourth-order valence-corrected chi connectivity index (χ4v) is 3.73. The summed E-state index contributed by atoms with van der Waals surface area (Å²) in [6.07, 6.45) is 13.6. The summed E-state index contributed by atoms with van der Waals surface area (Å²) >= 11 is 0. The lowest BCUT2D eigenvalue weighted by atomic mass is 10.1. The number of esters is 2. The van der Waals surface area contributed by atoms with Crippen molar-refractivity contribution in [1.29, 1.82) is 0 Å². The molecule has 4 nitrogen and oxygen atoms in total. The van der Waals surface area contributed by atoms with Gasteiger partial charge in [0, 0.05) is 0 Å². The van der Waals surface area contributed by atoms with Crippen LogP contribution in [0.15, 0.2) is 48.5 Å². The number of hydrogen-bond acceptors (Lipinski definition) is 4. The smallest absolute Gasteiger partial charge is 0.339 e. The van der Waals surface area contributed by atoms with Gasteiger partial charge in [0.1, 0.15) is 0 Å². The Hall–Kier alpha value is -2.62. The minimum atomic E-state index is -0.444. The Bertz CT molecular complexity index is 771. The Labute approximate surface area is 219 Å². The van der Waals surface area contributed by atoms with E-state index in [1.165, 1.54) is 62.5 Å². The van der Waals surface area contributed by atoms with E-state index in [1.807, 2.05) is 0 Å². The molecule has 0 saturated heterocycles. The molecule has 0 aromatic heterocycles. The molecule has 200 valence electrons. The summed E-state index contributed by atoms with van der Waals surface area (Å²) in [4.78, 5) is 24.7. The second-order valence-corrected chi connectivity index (χ2v) is 9.51. The van der Waals surface area contributed by atoms with E-state index in [0.29, 0.717) is 24.3 Å². The molecule has 0 fully saturated rings. The van der Waals surface area contributed by atoms with Crippen molar-refractivity contribution in [3.8, 4) is 0 Å². The molecule has 0 atom stereocenters. The highest BCUT2D eigenvalue weighted by atomic mass is 16.5. The van der Waals surface area contributed by atoms with Gasteiger partial charge in [-0.05, 0) is 38.8 Å². The number of aryl methyl sites for hydroxylation is 2.